The van der Waals surface area contributed by atoms with Crippen LogP contribution in [0.15, 0.2) is 41.2 Å². The number of nitrogens with two attached hydrogens (primary N) is 1. The fraction of sp³-hybridized carbons (Fsp3) is 0.211. The van der Waals surface area contributed by atoms with E-state index in [1.165, 1.54) is 17.4 Å². The Kier molecular flexibility index (Phi) is 4.53. The highest BCUT2D eigenvalue weighted by molar-refractivity contribution is 7.16. The molecule has 0 saturated carbocycles. The van der Waals surface area contributed by atoms with Crippen LogP contribution in [0.1, 0.15) is 23.6 Å². The van der Waals surface area contributed by atoms with Gasteiger partial charge in [0, 0.05) is 16.7 Å². The Labute approximate surface area is 143 Å². The number of methoxy groups -OCH3 is 1. The van der Waals surface area contributed by atoms with Crippen molar-refractivity contribution in [3.8, 4) is 5.75 Å². The molecule has 3 aromatic rings. The minimum Gasteiger partial charge on any atom is -0.497 e. The number of hydrogen-bond donors (Lipinski definition) is 1. The second kappa shape index (κ2) is 6.61. The van der Waals surface area contributed by atoms with Crippen LogP contribution in [-0.4, -0.2) is 7.11 Å². The summed E-state index contributed by atoms with van der Waals surface area (Å²) < 4.78 is 20.3. The van der Waals surface area contributed by atoms with Crippen LogP contribution in [0.5, 0.6) is 5.75 Å². The first-order chi connectivity index (χ1) is 11.5. The van der Waals surface area contributed by atoms with Crippen molar-refractivity contribution in [1.82, 2.24) is 0 Å². The van der Waals surface area contributed by atoms with Crippen LogP contribution in [0, 0.1) is 5.82 Å². The summed E-state index contributed by atoms with van der Waals surface area (Å²) in [5.41, 5.74) is 7.79. The van der Waals surface area contributed by atoms with Gasteiger partial charge in [-0.15, -0.1) is 0 Å². The summed E-state index contributed by atoms with van der Waals surface area (Å²) in [6.07, 6.45) is 0.947. The zero-order valence-corrected chi connectivity index (χ0v) is 14.4. The zero-order valence-electron chi connectivity index (χ0n) is 13.6. The molecule has 0 atom stereocenters. The molecule has 2 aromatic carbocycles. The molecule has 0 amide bonds. The van der Waals surface area contributed by atoms with Gasteiger partial charge in [-0.2, -0.15) is 0 Å². The predicted octanol–water partition coefficient (Wildman–Crippen LogP) is 4.14. The van der Waals surface area contributed by atoms with Crippen molar-refractivity contribution >= 4 is 27.1 Å². The van der Waals surface area contributed by atoms with Gasteiger partial charge in [-0.25, -0.2) is 4.39 Å². The fourth-order valence-electron chi connectivity index (χ4n) is 2.92. The Bertz CT molecular complexity index is 965. The molecule has 3 rings (SSSR count). The van der Waals surface area contributed by atoms with Crippen LogP contribution in [-0.2, 0) is 12.8 Å². The molecule has 5 heteroatoms. The lowest BCUT2D eigenvalue weighted by molar-refractivity contribution is 0.415. The van der Waals surface area contributed by atoms with Crippen molar-refractivity contribution in [2.75, 3.05) is 12.8 Å². The highest BCUT2D eigenvalue weighted by atomic mass is 32.1. The topological polar surface area (TPSA) is 52.3 Å². The van der Waals surface area contributed by atoms with E-state index in [1.54, 1.807) is 19.2 Å². The number of ether oxygens (including phenoxy) is 1. The molecule has 2 N–H and O–H groups in total. The van der Waals surface area contributed by atoms with Crippen molar-refractivity contribution < 1.29 is 9.13 Å². The summed E-state index contributed by atoms with van der Waals surface area (Å²) in [7, 11) is 1.60. The summed E-state index contributed by atoms with van der Waals surface area (Å²) in [6.45, 7) is 2.00. The minimum atomic E-state index is -0.446. The largest absolute Gasteiger partial charge is 0.497 e. The quantitative estimate of drug-likeness (QED) is 0.724. The maximum Gasteiger partial charge on any atom is 0.236 e. The second-order valence-electron chi connectivity index (χ2n) is 5.56. The summed E-state index contributed by atoms with van der Waals surface area (Å²) in [4.78, 5) is 12.6. The van der Waals surface area contributed by atoms with Gasteiger partial charge in [0.1, 0.15) is 11.6 Å². The number of anilines is 1. The van der Waals surface area contributed by atoms with Gasteiger partial charge in [0.15, 0.2) is 0 Å². The molecule has 24 heavy (non-hydrogen) atoms. The molecule has 124 valence electrons. The molecule has 1 heterocycles. The minimum absolute atomic E-state index is 0.0468. The number of benzene rings is 2. The molecule has 0 aliphatic heterocycles. The van der Waals surface area contributed by atoms with Crippen LogP contribution >= 0.6 is 11.3 Å². The molecular weight excluding hydrogens is 325 g/mol. The maximum atomic E-state index is 14.2. The summed E-state index contributed by atoms with van der Waals surface area (Å²) in [5.74, 6) is 0.272. The lowest BCUT2D eigenvalue weighted by atomic mass is 9.97. The first-order valence-corrected chi connectivity index (χ1v) is 8.52. The Morgan fingerprint density at radius 1 is 1.21 bits per heavy atom. The molecule has 0 saturated heterocycles. The number of fused-ring (bicyclic) bond motifs is 1. The molecule has 0 bridgehead atoms. The molecule has 1 aromatic heterocycles. The number of rotatable bonds is 4. The van der Waals surface area contributed by atoms with Crippen molar-refractivity contribution in [3.05, 3.63) is 68.4 Å². The summed E-state index contributed by atoms with van der Waals surface area (Å²) >= 11 is 1.17. The Morgan fingerprint density at radius 2 is 2.00 bits per heavy atom. The average molecular weight is 343 g/mol. The van der Waals surface area contributed by atoms with Crippen molar-refractivity contribution in [2.45, 2.75) is 19.8 Å². The van der Waals surface area contributed by atoms with E-state index < -0.39 is 5.82 Å². The molecule has 3 nitrogen and oxygen atoms in total. The molecule has 0 unspecified atom stereocenters. The normalized spacial score (nSPS) is 11.0. The third-order valence-electron chi connectivity index (χ3n) is 4.16. The van der Waals surface area contributed by atoms with Crippen molar-refractivity contribution in [3.63, 3.8) is 0 Å². The van der Waals surface area contributed by atoms with E-state index in [0.717, 1.165) is 21.4 Å². The first kappa shape index (κ1) is 16.5. The standard InChI is InChI=1S/C19H18FNO2S/c1-3-13-14-8-7-12(23-2)10-17(14)24-19(22)15(13)9-11-5-4-6-16(21)18(11)20/h4-8,10H,3,9,21H2,1-2H3. The number of halogens is 1. The highest BCUT2D eigenvalue weighted by Crippen LogP contribution is 2.29. The van der Waals surface area contributed by atoms with Crippen LogP contribution in [0.25, 0.3) is 10.1 Å². The maximum absolute atomic E-state index is 14.2. The molecule has 0 spiro atoms. The van der Waals surface area contributed by atoms with Gasteiger partial charge in [-0.1, -0.05) is 30.4 Å². The van der Waals surface area contributed by atoms with Gasteiger partial charge in [0.05, 0.1) is 12.8 Å². The highest BCUT2D eigenvalue weighted by Gasteiger charge is 2.15. The van der Waals surface area contributed by atoms with Crippen LogP contribution < -0.4 is 15.2 Å². The van der Waals surface area contributed by atoms with E-state index in [9.17, 15) is 9.18 Å². The SMILES string of the molecule is CCc1c(Cc2cccc(N)c2F)c(=O)sc2cc(OC)ccc12. The van der Waals surface area contributed by atoms with E-state index in [1.807, 2.05) is 25.1 Å². The van der Waals surface area contributed by atoms with E-state index in [2.05, 4.69) is 0 Å². The second-order valence-corrected chi connectivity index (χ2v) is 6.57. The van der Waals surface area contributed by atoms with Gasteiger partial charge >= 0.3 is 0 Å². The van der Waals surface area contributed by atoms with Crippen LogP contribution in [0.2, 0.25) is 0 Å². The third-order valence-corrected chi connectivity index (χ3v) is 5.15. The lowest BCUT2D eigenvalue weighted by Crippen LogP contribution is -2.11. The van der Waals surface area contributed by atoms with Gasteiger partial charge in [0.25, 0.3) is 0 Å². The van der Waals surface area contributed by atoms with Gasteiger partial charge in [-0.3, -0.25) is 4.79 Å². The molecule has 0 aliphatic carbocycles. The van der Waals surface area contributed by atoms with E-state index in [0.29, 0.717) is 17.5 Å². The van der Waals surface area contributed by atoms with Gasteiger partial charge < -0.3 is 10.5 Å². The van der Waals surface area contributed by atoms with E-state index in [4.69, 9.17) is 10.5 Å². The number of nitrogen functional groups attached to an aromatic ring is 1. The number of aryl methyl sites for hydroxylation is 1. The Balaban J connectivity index is 2.19. The fourth-order valence-corrected chi connectivity index (χ4v) is 3.91. The van der Waals surface area contributed by atoms with E-state index in [-0.39, 0.29) is 16.9 Å². The molecular formula is C19H18FNO2S. The van der Waals surface area contributed by atoms with Gasteiger partial charge in [-0.05, 0) is 47.2 Å². The Hall–Kier alpha value is -2.40. The average Bonchev–Trinajstić information content (AvgIpc) is 2.58. The van der Waals surface area contributed by atoms with Crippen LogP contribution in [0.3, 0.4) is 0 Å². The summed E-state index contributed by atoms with van der Waals surface area (Å²) in [5, 5.41) is 1.02. The lowest BCUT2D eigenvalue weighted by Gasteiger charge is -2.12. The first-order valence-electron chi connectivity index (χ1n) is 7.70. The smallest absolute Gasteiger partial charge is 0.236 e. The van der Waals surface area contributed by atoms with Gasteiger partial charge in [0.2, 0.25) is 4.74 Å². The third kappa shape index (κ3) is 2.87. The molecule has 0 radical (unpaired) electrons. The number of hydrogen-bond acceptors (Lipinski definition) is 4. The van der Waals surface area contributed by atoms with Crippen molar-refractivity contribution in [1.29, 1.82) is 0 Å². The zero-order chi connectivity index (χ0) is 17.3. The molecule has 0 fully saturated rings. The molecule has 0 aliphatic rings. The predicted molar refractivity (Wildman–Crippen MR) is 97.6 cm³/mol. The van der Waals surface area contributed by atoms with E-state index >= 15 is 0 Å². The Morgan fingerprint density at radius 3 is 2.71 bits per heavy atom. The summed E-state index contributed by atoms with van der Waals surface area (Å²) in [6, 6.07) is 10.6. The van der Waals surface area contributed by atoms with Crippen LogP contribution in [0.4, 0.5) is 10.1 Å². The van der Waals surface area contributed by atoms with Crippen molar-refractivity contribution in [2.24, 2.45) is 0 Å². The monoisotopic (exact) mass is 343 g/mol.